The molecule has 0 unspecified atom stereocenters. The summed E-state index contributed by atoms with van der Waals surface area (Å²) in [7, 11) is -1.77. The molecule has 17 nitrogen and oxygen atoms in total. The number of pyridine rings is 3. The zero-order chi connectivity index (χ0) is 50.3. The van der Waals surface area contributed by atoms with Gasteiger partial charge < -0.3 is 26.9 Å². The van der Waals surface area contributed by atoms with Crippen LogP contribution in [-0.4, -0.2) is 48.3 Å². The summed E-state index contributed by atoms with van der Waals surface area (Å²) < 4.78 is 16.2. The molecule has 7 rings (SSSR count). The van der Waals surface area contributed by atoms with E-state index in [0.29, 0.717) is 69.3 Å². The third-order valence-corrected chi connectivity index (χ3v) is 16.6. The van der Waals surface area contributed by atoms with Crippen LogP contribution in [0.15, 0.2) is 79.8 Å². The second-order valence-electron chi connectivity index (χ2n) is 14.3. The number of rotatable bonds is 11. The van der Waals surface area contributed by atoms with E-state index in [0.717, 1.165) is 16.7 Å². The number of alkyl halides is 1. The topological polar surface area (TPSA) is 268 Å². The molecule has 69 heavy (non-hydrogen) atoms. The number of nitriles is 4. The Hall–Kier alpha value is -3.85. The van der Waals surface area contributed by atoms with E-state index in [9.17, 15) is 4.57 Å². The van der Waals surface area contributed by atoms with Crippen LogP contribution in [0.25, 0.3) is 0 Å². The molecule has 0 spiro atoms. The molecule has 7 heterocycles. The Labute approximate surface area is 463 Å². The van der Waals surface area contributed by atoms with E-state index in [1.807, 2.05) is 42.5 Å². The molecule has 29 heteroatoms. The van der Waals surface area contributed by atoms with Crippen LogP contribution in [0, 0.1) is 45.3 Å². The third-order valence-electron chi connectivity index (χ3n) is 8.36. The molecule has 7 aromatic heterocycles. The van der Waals surface area contributed by atoms with Crippen LogP contribution in [0.3, 0.4) is 0 Å². The average molecular weight is 1150 g/mol. The summed E-state index contributed by atoms with van der Waals surface area (Å²) in [5.74, 6) is 2.43. The third kappa shape index (κ3) is 24.2. The van der Waals surface area contributed by atoms with Gasteiger partial charge in [-0.1, -0.05) is 77.7 Å². The SMILES string of the molecule is CC(C)(C)[Si](C)(C)OCc1ccnc(Nc2ncc(C#N)s2)c1.N#Cc1cnc(Cl)s1.N#Cc1cnc(Nc2cc(CCl)ccn2)s1.N#Cc1cnc(Nc2cc(CO)ccn2)s1.O=P(Cl)(Cl)Cl.[H-].[Na+]. The number of aliphatic hydroxyl groups is 1. The molecule has 0 saturated carbocycles. The molecule has 0 amide bonds. The normalized spacial score (nSPS) is 10.4. The fourth-order valence-electron chi connectivity index (χ4n) is 4.16. The average Bonchev–Trinajstić information content (AvgIpc) is 4.15. The van der Waals surface area contributed by atoms with Crippen molar-refractivity contribution < 1.29 is 45.1 Å². The smallest absolute Gasteiger partial charge is 1.00 e. The standard InChI is InChI=1S/C16H22N4OSSi.C10H7ClN4S.C10H8N4OS.C4HClN2S.Cl3OP.Na.H/c1-16(2,3)23(4,5)21-11-12-6-7-18-14(8-12)20-15-19-10-13(9-17)22-15;11-4-7-1-2-13-9(3-7)15-10-14-6-8(5-12)16-10;11-4-8-5-13-10(16-8)14-9-3-7(6-15)1-2-12-9;5-4-7-2-3(1-6)8-4;1-5(2,3)4;;/h6-8,10H,11H2,1-5H3,(H,18,19,20);1-3,6H,4H2,(H,13,14,15);1-3,5,15H,6H2,(H,12,13,14);2H;;;/q;;;;;+1;-1. The molecule has 0 bridgehead atoms. The fourth-order valence-corrected chi connectivity index (χ4v) is 7.89. The molecule has 356 valence electrons. The van der Waals surface area contributed by atoms with Gasteiger partial charge in [0.2, 0.25) is 0 Å². The van der Waals surface area contributed by atoms with Crippen molar-refractivity contribution in [2.45, 2.75) is 58.0 Å². The number of thiazole rings is 4. The Morgan fingerprint density at radius 2 is 1.01 bits per heavy atom. The summed E-state index contributed by atoms with van der Waals surface area (Å²) in [6.07, 6.45) is 11.1. The quantitative estimate of drug-likeness (QED) is 0.0533. The molecule has 0 fully saturated rings. The van der Waals surface area contributed by atoms with Crippen molar-refractivity contribution in [3.63, 3.8) is 0 Å². The molecule has 0 aromatic carbocycles. The molecular weight excluding hydrogens is 1110 g/mol. The number of aliphatic hydroxyl groups excluding tert-OH is 1. The first-order valence-electron chi connectivity index (χ1n) is 18.9. The van der Waals surface area contributed by atoms with E-state index in [-0.39, 0.29) is 42.6 Å². The van der Waals surface area contributed by atoms with Gasteiger partial charge in [-0.05, 0) is 105 Å². The van der Waals surface area contributed by atoms with Crippen LogP contribution in [0.1, 0.15) is 58.4 Å². The van der Waals surface area contributed by atoms with Crippen molar-refractivity contribution in [1.29, 1.82) is 21.0 Å². The monoisotopic (exact) mass is 1150 g/mol. The van der Waals surface area contributed by atoms with Crippen LogP contribution in [0.4, 0.5) is 32.8 Å². The summed E-state index contributed by atoms with van der Waals surface area (Å²) in [4.78, 5) is 30.6. The molecule has 0 aliphatic heterocycles. The van der Waals surface area contributed by atoms with Crippen LogP contribution in [0.5, 0.6) is 0 Å². The van der Waals surface area contributed by atoms with Gasteiger partial charge in [0.15, 0.2) is 28.2 Å². The second-order valence-corrected chi connectivity index (χ2v) is 30.7. The maximum Gasteiger partial charge on any atom is 1.00 e. The van der Waals surface area contributed by atoms with E-state index < -0.39 is 13.5 Å². The minimum absolute atomic E-state index is 0. The van der Waals surface area contributed by atoms with Gasteiger partial charge in [-0.2, -0.15) is 21.0 Å². The van der Waals surface area contributed by atoms with Crippen LogP contribution in [0.2, 0.25) is 22.6 Å². The van der Waals surface area contributed by atoms with Gasteiger partial charge in [0, 0.05) is 24.5 Å². The minimum Gasteiger partial charge on any atom is -1.00 e. The number of nitrogens with zero attached hydrogens (tertiary/aromatic N) is 11. The Morgan fingerprint density at radius 3 is 1.33 bits per heavy atom. The van der Waals surface area contributed by atoms with Crippen molar-refractivity contribution in [1.82, 2.24) is 34.9 Å². The zero-order valence-electron chi connectivity index (χ0n) is 38.3. The summed E-state index contributed by atoms with van der Waals surface area (Å²) in [6, 6.07) is 19.1. The Morgan fingerprint density at radius 1 is 0.667 bits per heavy atom. The Bertz CT molecular complexity index is 2830. The number of hydrogen-bond acceptors (Lipinski definition) is 21. The molecule has 0 aliphatic rings. The predicted octanol–water partition coefficient (Wildman–Crippen LogP) is 10.8. The number of nitrogens with one attached hydrogen (secondary N) is 3. The van der Waals surface area contributed by atoms with E-state index in [1.165, 1.54) is 63.9 Å². The maximum absolute atomic E-state index is 9.51. The first kappa shape index (κ1) is 61.3. The van der Waals surface area contributed by atoms with Gasteiger partial charge in [0.1, 0.15) is 61.2 Å². The van der Waals surface area contributed by atoms with Gasteiger partial charge in [-0.25, -0.2) is 34.9 Å². The maximum atomic E-state index is 9.51. The molecular formula is C40H39Cl5N14NaO3PS4Si. The number of halogens is 5. The molecule has 4 N–H and O–H groups in total. The summed E-state index contributed by atoms with van der Waals surface area (Å²) >= 11 is 30.0. The number of hydrogen-bond donors (Lipinski definition) is 4. The molecule has 0 aliphatic carbocycles. The van der Waals surface area contributed by atoms with Gasteiger partial charge in [0.05, 0.1) is 38.0 Å². The van der Waals surface area contributed by atoms with Gasteiger partial charge in [0.25, 0.3) is 0 Å². The van der Waals surface area contributed by atoms with E-state index >= 15 is 0 Å². The molecule has 0 atom stereocenters. The van der Waals surface area contributed by atoms with Crippen LogP contribution < -0.4 is 45.5 Å². The Balaban J connectivity index is 0.000000466. The fraction of sp³-hybridized carbons (Fsp3) is 0.225. The van der Waals surface area contributed by atoms with Crippen molar-refractivity contribution in [2.24, 2.45) is 0 Å². The van der Waals surface area contributed by atoms with E-state index in [4.69, 9.17) is 53.8 Å². The second kappa shape index (κ2) is 30.8. The summed E-state index contributed by atoms with van der Waals surface area (Å²) in [5.41, 5.74) is 2.83. The van der Waals surface area contributed by atoms with Crippen LogP contribution in [-0.2, 0) is 28.1 Å². The molecule has 0 radical (unpaired) electrons. The van der Waals surface area contributed by atoms with Crippen LogP contribution >= 0.6 is 107 Å². The first-order valence-corrected chi connectivity index (χ1v) is 30.4. The van der Waals surface area contributed by atoms with Crippen molar-refractivity contribution in [3.8, 4) is 24.3 Å². The number of anilines is 6. The number of aromatic nitrogens is 7. The minimum atomic E-state index is -3.22. The first-order chi connectivity index (χ1) is 32.2. The van der Waals surface area contributed by atoms with E-state index in [1.54, 1.807) is 36.9 Å². The van der Waals surface area contributed by atoms with Crippen molar-refractivity contribution in [2.75, 3.05) is 16.0 Å². The van der Waals surface area contributed by atoms with E-state index in [2.05, 4.69) is 124 Å². The zero-order valence-corrected chi connectivity index (χ0v) is 48.2. The summed E-state index contributed by atoms with van der Waals surface area (Å²) in [6.45, 7) is 11.7. The van der Waals surface area contributed by atoms with Gasteiger partial charge >= 0.3 is 34.8 Å². The molecule has 0 saturated heterocycles. The molecule has 7 aromatic rings. The van der Waals surface area contributed by atoms with Crippen molar-refractivity contribution >= 4 is 149 Å². The van der Waals surface area contributed by atoms with Crippen molar-refractivity contribution in [3.05, 3.63) is 120 Å². The Kier molecular flexibility index (Phi) is 27.3. The van der Waals surface area contributed by atoms with Gasteiger partial charge in [-0.3, -0.25) is 4.57 Å². The predicted molar refractivity (Wildman–Crippen MR) is 279 cm³/mol. The van der Waals surface area contributed by atoms with Gasteiger partial charge in [-0.15, -0.1) is 11.6 Å². The summed E-state index contributed by atoms with van der Waals surface area (Å²) in [5, 5.41) is 51.3. The largest absolute Gasteiger partial charge is 1.00 e.